The summed E-state index contributed by atoms with van der Waals surface area (Å²) in [5, 5.41) is 12.5. The summed E-state index contributed by atoms with van der Waals surface area (Å²) < 4.78 is 0. The van der Waals surface area contributed by atoms with Gasteiger partial charge in [0.05, 0.1) is 11.8 Å². The molecule has 1 saturated heterocycles. The van der Waals surface area contributed by atoms with E-state index in [9.17, 15) is 19.5 Å². The maximum atomic E-state index is 12.9. The van der Waals surface area contributed by atoms with Crippen LogP contribution in [0.5, 0.6) is 0 Å². The molecule has 1 aromatic carbocycles. The van der Waals surface area contributed by atoms with Crippen molar-refractivity contribution in [1.82, 2.24) is 4.90 Å². The number of carbonyl (C=O) groups excluding carboxylic acids is 2. The fourth-order valence-corrected chi connectivity index (χ4v) is 5.21. The second-order valence-corrected chi connectivity index (χ2v) is 8.13. The average Bonchev–Trinajstić information content (AvgIpc) is 3.23. The quantitative estimate of drug-likeness (QED) is 0.853. The predicted molar refractivity (Wildman–Crippen MR) is 100 cm³/mol. The van der Waals surface area contributed by atoms with Crippen LogP contribution >= 0.6 is 0 Å². The third kappa shape index (κ3) is 3.45. The molecule has 1 aliphatic heterocycles. The molecule has 2 atom stereocenters. The highest BCUT2D eigenvalue weighted by molar-refractivity contribution is 5.97. The molecule has 2 bridgehead atoms. The van der Waals surface area contributed by atoms with Crippen LogP contribution in [0, 0.1) is 23.7 Å². The molecule has 6 nitrogen and oxygen atoms in total. The highest BCUT2D eigenvalue weighted by Gasteiger charge is 2.50. The second kappa shape index (κ2) is 7.33. The Morgan fingerprint density at radius 2 is 1.44 bits per heavy atom. The zero-order chi connectivity index (χ0) is 19.0. The maximum absolute atomic E-state index is 12.9. The van der Waals surface area contributed by atoms with E-state index >= 15 is 0 Å². The number of carboxylic acid groups (broad SMARTS) is 1. The van der Waals surface area contributed by atoms with Gasteiger partial charge in [0.25, 0.3) is 5.91 Å². The SMILES string of the molecule is O=C(O)[C@@H]1C2CCC(CC2)[C@H]1C(=O)Nc1ccc(C(=O)N2CCCC2)cc1. The summed E-state index contributed by atoms with van der Waals surface area (Å²) in [4.78, 5) is 38.8. The maximum Gasteiger partial charge on any atom is 0.307 e. The average molecular weight is 370 g/mol. The highest BCUT2D eigenvalue weighted by atomic mass is 16.4. The molecular formula is C21H26N2O4. The Balaban J connectivity index is 1.44. The van der Waals surface area contributed by atoms with Gasteiger partial charge >= 0.3 is 5.97 Å². The summed E-state index contributed by atoms with van der Waals surface area (Å²) in [7, 11) is 0. The van der Waals surface area contributed by atoms with Crippen LogP contribution in [0.25, 0.3) is 0 Å². The molecule has 0 unspecified atom stereocenters. The van der Waals surface area contributed by atoms with E-state index in [1.54, 1.807) is 24.3 Å². The first-order chi connectivity index (χ1) is 13.0. The number of hydrogen-bond donors (Lipinski definition) is 2. The molecule has 0 radical (unpaired) electrons. The number of nitrogens with zero attached hydrogens (tertiary/aromatic N) is 1. The molecule has 27 heavy (non-hydrogen) atoms. The number of likely N-dealkylation sites (tertiary alicyclic amines) is 1. The Morgan fingerprint density at radius 1 is 0.889 bits per heavy atom. The molecule has 1 aromatic rings. The summed E-state index contributed by atoms with van der Waals surface area (Å²) in [6, 6.07) is 6.94. The molecule has 144 valence electrons. The molecule has 4 fully saturated rings. The molecule has 4 aliphatic rings. The number of rotatable bonds is 4. The number of carboxylic acids is 1. The van der Waals surface area contributed by atoms with Crippen LogP contribution in [0.2, 0.25) is 0 Å². The van der Waals surface area contributed by atoms with E-state index in [0.29, 0.717) is 11.3 Å². The summed E-state index contributed by atoms with van der Waals surface area (Å²) in [6.45, 7) is 1.61. The molecule has 2 amide bonds. The largest absolute Gasteiger partial charge is 0.481 e. The first-order valence-electron chi connectivity index (χ1n) is 9.97. The number of hydrogen-bond acceptors (Lipinski definition) is 3. The summed E-state index contributed by atoms with van der Waals surface area (Å²) in [5.74, 6) is -1.78. The second-order valence-electron chi connectivity index (χ2n) is 8.13. The van der Waals surface area contributed by atoms with Gasteiger partial charge in [-0.3, -0.25) is 14.4 Å². The third-order valence-corrected chi connectivity index (χ3v) is 6.60. The lowest BCUT2D eigenvalue weighted by molar-refractivity contribution is -0.156. The summed E-state index contributed by atoms with van der Waals surface area (Å²) in [5.41, 5.74) is 1.23. The predicted octanol–water partition coefficient (Wildman–Crippen LogP) is 3.00. The molecular weight excluding hydrogens is 344 g/mol. The molecule has 6 heteroatoms. The van der Waals surface area contributed by atoms with Crippen molar-refractivity contribution in [2.24, 2.45) is 23.7 Å². The Kier molecular flexibility index (Phi) is 4.89. The molecule has 0 aromatic heterocycles. The van der Waals surface area contributed by atoms with E-state index in [2.05, 4.69) is 5.32 Å². The van der Waals surface area contributed by atoms with Gasteiger partial charge in [-0.05, 0) is 74.6 Å². The number of anilines is 1. The van der Waals surface area contributed by atoms with E-state index < -0.39 is 17.8 Å². The van der Waals surface area contributed by atoms with Crippen molar-refractivity contribution in [3.8, 4) is 0 Å². The highest BCUT2D eigenvalue weighted by Crippen LogP contribution is 2.49. The van der Waals surface area contributed by atoms with Crippen LogP contribution < -0.4 is 5.32 Å². The Morgan fingerprint density at radius 3 is 2.00 bits per heavy atom. The normalized spacial score (nSPS) is 29.6. The van der Waals surface area contributed by atoms with Crippen molar-refractivity contribution in [1.29, 1.82) is 0 Å². The van der Waals surface area contributed by atoms with Crippen molar-refractivity contribution in [3.63, 3.8) is 0 Å². The van der Waals surface area contributed by atoms with E-state index in [0.717, 1.165) is 51.6 Å². The van der Waals surface area contributed by atoms with Crippen molar-refractivity contribution < 1.29 is 19.5 Å². The van der Waals surface area contributed by atoms with E-state index in [4.69, 9.17) is 0 Å². The molecule has 3 saturated carbocycles. The fourth-order valence-electron chi connectivity index (χ4n) is 5.21. The smallest absolute Gasteiger partial charge is 0.307 e. The van der Waals surface area contributed by atoms with Gasteiger partial charge in [-0.2, -0.15) is 0 Å². The van der Waals surface area contributed by atoms with Crippen LogP contribution in [0.3, 0.4) is 0 Å². The zero-order valence-electron chi connectivity index (χ0n) is 15.4. The molecule has 5 rings (SSSR count). The van der Waals surface area contributed by atoms with Crippen LogP contribution in [0.15, 0.2) is 24.3 Å². The van der Waals surface area contributed by atoms with Crippen LogP contribution in [0.4, 0.5) is 5.69 Å². The summed E-state index contributed by atoms with van der Waals surface area (Å²) >= 11 is 0. The van der Waals surface area contributed by atoms with Gasteiger partial charge in [0.2, 0.25) is 5.91 Å². The number of benzene rings is 1. The van der Waals surface area contributed by atoms with Gasteiger partial charge in [0.1, 0.15) is 0 Å². The number of nitrogens with one attached hydrogen (secondary N) is 1. The minimum absolute atomic E-state index is 0.0286. The lowest BCUT2D eigenvalue weighted by atomic mass is 9.58. The molecule has 0 spiro atoms. The standard InChI is InChI=1S/C21H26N2O4/c24-19(17-13-3-5-14(6-4-13)18(17)21(26)27)22-16-9-7-15(8-10-16)20(25)23-11-1-2-12-23/h7-10,13-14,17-18H,1-6,11-12H2,(H,22,24)(H,26,27)/t13?,14?,17-,18-/m1/s1. The lowest BCUT2D eigenvalue weighted by Gasteiger charge is -2.45. The van der Waals surface area contributed by atoms with Gasteiger partial charge in [-0.1, -0.05) is 0 Å². The van der Waals surface area contributed by atoms with Crippen LogP contribution in [0.1, 0.15) is 48.9 Å². The number of fused-ring (bicyclic) bond motifs is 3. The van der Waals surface area contributed by atoms with Crippen molar-refractivity contribution in [2.75, 3.05) is 18.4 Å². The van der Waals surface area contributed by atoms with Crippen molar-refractivity contribution in [3.05, 3.63) is 29.8 Å². The lowest BCUT2D eigenvalue weighted by Crippen LogP contribution is -2.49. The van der Waals surface area contributed by atoms with Crippen LogP contribution in [-0.4, -0.2) is 40.9 Å². The van der Waals surface area contributed by atoms with Gasteiger partial charge in [0.15, 0.2) is 0 Å². The topological polar surface area (TPSA) is 86.7 Å². The minimum atomic E-state index is -0.851. The molecule has 2 N–H and O–H groups in total. The van der Waals surface area contributed by atoms with E-state index in [1.807, 2.05) is 4.90 Å². The van der Waals surface area contributed by atoms with Gasteiger partial charge in [-0.15, -0.1) is 0 Å². The first-order valence-corrected chi connectivity index (χ1v) is 9.97. The van der Waals surface area contributed by atoms with Gasteiger partial charge < -0.3 is 15.3 Å². The number of amides is 2. The van der Waals surface area contributed by atoms with Gasteiger partial charge in [-0.25, -0.2) is 0 Å². The Bertz CT molecular complexity index is 731. The zero-order valence-corrected chi connectivity index (χ0v) is 15.4. The minimum Gasteiger partial charge on any atom is -0.481 e. The van der Waals surface area contributed by atoms with Crippen molar-refractivity contribution in [2.45, 2.75) is 38.5 Å². The Hall–Kier alpha value is -2.37. The summed E-state index contributed by atoms with van der Waals surface area (Å²) in [6.07, 6.45) is 5.81. The van der Waals surface area contributed by atoms with Crippen molar-refractivity contribution >= 4 is 23.5 Å². The van der Waals surface area contributed by atoms with E-state index in [-0.39, 0.29) is 23.7 Å². The molecule has 3 aliphatic carbocycles. The number of aliphatic carboxylic acids is 1. The fraction of sp³-hybridized carbons (Fsp3) is 0.571. The monoisotopic (exact) mass is 370 g/mol. The Labute approximate surface area is 158 Å². The number of carbonyl (C=O) groups is 3. The van der Waals surface area contributed by atoms with Crippen LogP contribution in [-0.2, 0) is 9.59 Å². The van der Waals surface area contributed by atoms with Gasteiger partial charge in [0, 0.05) is 24.3 Å². The first kappa shape index (κ1) is 18.0. The molecule has 1 heterocycles. The third-order valence-electron chi connectivity index (χ3n) is 6.60. The van der Waals surface area contributed by atoms with E-state index in [1.165, 1.54) is 0 Å².